The van der Waals surface area contributed by atoms with Gasteiger partial charge in [0.1, 0.15) is 0 Å². The summed E-state index contributed by atoms with van der Waals surface area (Å²) in [5.74, 6) is 0. The number of rotatable bonds is 7. The van der Waals surface area contributed by atoms with Crippen molar-refractivity contribution in [1.29, 1.82) is 0 Å². The normalized spacial score (nSPS) is 11.7. The molecule has 0 aliphatic rings. The molecule has 72 valence electrons. The van der Waals surface area contributed by atoms with Crippen LogP contribution in [-0.2, 0) is 0 Å². The van der Waals surface area contributed by atoms with Crippen molar-refractivity contribution in [3.63, 3.8) is 0 Å². The second-order valence-corrected chi connectivity index (χ2v) is 3.27. The lowest BCUT2D eigenvalue weighted by Gasteiger charge is -2.12. The first kappa shape index (κ1) is 11.7. The molecular weight excluding hydrogens is 146 g/mol. The van der Waals surface area contributed by atoms with E-state index in [0.29, 0.717) is 0 Å². The summed E-state index contributed by atoms with van der Waals surface area (Å²) in [6.45, 7) is 6.81. The zero-order valence-electron chi connectivity index (χ0n) is 8.84. The second kappa shape index (κ2) is 8.79. The molecule has 0 saturated carbocycles. The van der Waals surface area contributed by atoms with Crippen molar-refractivity contribution in [3.05, 3.63) is 12.2 Å². The van der Waals surface area contributed by atoms with E-state index < -0.39 is 0 Å². The van der Waals surface area contributed by atoms with Crippen LogP contribution in [0.3, 0.4) is 0 Å². The Bertz CT molecular complexity index is 108. The maximum absolute atomic E-state index is 2.36. The molecule has 0 radical (unpaired) electrons. The van der Waals surface area contributed by atoms with Gasteiger partial charge in [0, 0.05) is 0 Å². The predicted molar refractivity (Wildman–Crippen MR) is 56.5 cm³/mol. The zero-order chi connectivity index (χ0) is 9.23. The molecule has 0 N–H and O–H groups in total. The quantitative estimate of drug-likeness (QED) is 0.418. The van der Waals surface area contributed by atoms with Crippen LogP contribution in [0.1, 0.15) is 39.5 Å². The average molecular weight is 169 g/mol. The van der Waals surface area contributed by atoms with Gasteiger partial charge in [-0.2, -0.15) is 0 Å². The van der Waals surface area contributed by atoms with E-state index in [0.717, 1.165) is 0 Å². The van der Waals surface area contributed by atoms with Gasteiger partial charge in [0.15, 0.2) is 0 Å². The number of allylic oxidation sites excluding steroid dienone is 2. The maximum Gasteiger partial charge on any atom is -0.00218 e. The largest absolute Gasteiger partial charge is 0.307 e. The lowest BCUT2D eigenvalue weighted by Crippen LogP contribution is -2.18. The van der Waals surface area contributed by atoms with Crippen LogP contribution in [-0.4, -0.2) is 25.0 Å². The van der Waals surface area contributed by atoms with Crippen LogP contribution < -0.4 is 0 Å². The summed E-state index contributed by atoms with van der Waals surface area (Å²) in [6, 6.07) is 0. The van der Waals surface area contributed by atoms with Gasteiger partial charge in [0.2, 0.25) is 0 Å². The molecule has 0 unspecified atom stereocenters. The van der Waals surface area contributed by atoms with E-state index in [4.69, 9.17) is 0 Å². The molecule has 0 fully saturated rings. The minimum atomic E-state index is 1.17. The van der Waals surface area contributed by atoms with Crippen molar-refractivity contribution in [3.8, 4) is 0 Å². The van der Waals surface area contributed by atoms with Gasteiger partial charge in [-0.25, -0.2) is 0 Å². The van der Waals surface area contributed by atoms with E-state index in [1.54, 1.807) is 0 Å². The van der Waals surface area contributed by atoms with Crippen LogP contribution in [0.25, 0.3) is 0 Å². The van der Waals surface area contributed by atoms with Crippen molar-refractivity contribution in [2.45, 2.75) is 39.5 Å². The van der Waals surface area contributed by atoms with E-state index >= 15 is 0 Å². The molecule has 0 heterocycles. The van der Waals surface area contributed by atoms with Gasteiger partial charge in [-0.3, -0.25) is 0 Å². The van der Waals surface area contributed by atoms with Gasteiger partial charge in [-0.05, 0) is 45.8 Å². The molecule has 1 heteroatoms. The topological polar surface area (TPSA) is 3.24 Å². The monoisotopic (exact) mass is 169 g/mol. The third-order valence-corrected chi connectivity index (χ3v) is 2.10. The van der Waals surface area contributed by atoms with Crippen molar-refractivity contribution in [2.75, 3.05) is 20.1 Å². The molecule has 0 atom stereocenters. The summed E-state index contributed by atoms with van der Waals surface area (Å²) in [4.78, 5) is 2.36. The molecule has 0 aliphatic carbocycles. The highest BCUT2D eigenvalue weighted by Gasteiger charge is 1.92. The van der Waals surface area contributed by atoms with E-state index in [1.807, 2.05) is 0 Å². The first-order chi connectivity index (χ1) is 5.81. The lowest BCUT2D eigenvalue weighted by atomic mass is 10.2. The van der Waals surface area contributed by atoms with Gasteiger partial charge < -0.3 is 4.90 Å². The van der Waals surface area contributed by atoms with Crippen LogP contribution in [0.15, 0.2) is 12.2 Å². The summed E-state index contributed by atoms with van der Waals surface area (Å²) >= 11 is 0. The minimum Gasteiger partial charge on any atom is -0.307 e. The molecule has 0 amide bonds. The standard InChI is InChI=1S/C11H23N/c1-4-6-7-8-9-10-11-12(3)5-2/h6-7H,4-5,8-11H2,1-3H3/b7-6+. The van der Waals surface area contributed by atoms with Crippen molar-refractivity contribution in [1.82, 2.24) is 4.90 Å². The van der Waals surface area contributed by atoms with E-state index in [1.165, 1.54) is 38.8 Å². The Balaban J connectivity index is 3.05. The zero-order valence-corrected chi connectivity index (χ0v) is 8.84. The Morgan fingerprint density at radius 2 is 1.83 bits per heavy atom. The van der Waals surface area contributed by atoms with Gasteiger partial charge in [-0.1, -0.05) is 26.0 Å². The number of hydrogen-bond acceptors (Lipinski definition) is 1. The number of nitrogens with zero attached hydrogens (tertiary/aromatic N) is 1. The summed E-state index contributed by atoms with van der Waals surface area (Å²) in [5.41, 5.74) is 0. The SMILES string of the molecule is CC/C=C/CCCCN(C)CC. The Morgan fingerprint density at radius 3 is 2.42 bits per heavy atom. The summed E-state index contributed by atoms with van der Waals surface area (Å²) in [6.07, 6.45) is 9.65. The molecular formula is C11H23N. The Morgan fingerprint density at radius 1 is 1.08 bits per heavy atom. The van der Waals surface area contributed by atoms with Crippen LogP contribution >= 0.6 is 0 Å². The smallest absolute Gasteiger partial charge is 0.00218 e. The molecule has 1 nitrogen and oxygen atoms in total. The Labute approximate surface area is 77.5 Å². The molecule has 12 heavy (non-hydrogen) atoms. The van der Waals surface area contributed by atoms with Crippen molar-refractivity contribution < 1.29 is 0 Å². The van der Waals surface area contributed by atoms with Gasteiger partial charge in [0.25, 0.3) is 0 Å². The number of unbranched alkanes of at least 4 members (excludes halogenated alkanes) is 2. The lowest BCUT2D eigenvalue weighted by molar-refractivity contribution is 0.344. The molecule has 0 saturated heterocycles. The fourth-order valence-corrected chi connectivity index (χ4v) is 1.09. The first-order valence-corrected chi connectivity index (χ1v) is 5.14. The van der Waals surface area contributed by atoms with Crippen LogP contribution in [0.4, 0.5) is 0 Å². The summed E-state index contributed by atoms with van der Waals surface area (Å²) in [5, 5.41) is 0. The molecule has 0 rings (SSSR count). The van der Waals surface area contributed by atoms with Crippen molar-refractivity contribution >= 4 is 0 Å². The highest BCUT2D eigenvalue weighted by Crippen LogP contribution is 1.98. The summed E-state index contributed by atoms with van der Waals surface area (Å²) in [7, 11) is 2.18. The van der Waals surface area contributed by atoms with E-state index in [2.05, 4.69) is 37.9 Å². The average Bonchev–Trinajstić information content (AvgIpc) is 2.10. The van der Waals surface area contributed by atoms with Crippen LogP contribution in [0.2, 0.25) is 0 Å². The van der Waals surface area contributed by atoms with Crippen LogP contribution in [0.5, 0.6) is 0 Å². The first-order valence-electron chi connectivity index (χ1n) is 5.14. The van der Waals surface area contributed by atoms with Gasteiger partial charge in [-0.15, -0.1) is 0 Å². The van der Waals surface area contributed by atoms with Crippen molar-refractivity contribution in [2.24, 2.45) is 0 Å². The molecule has 0 aliphatic heterocycles. The summed E-state index contributed by atoms with van der Waals surface area (Å²) < 4.78 is 0. The molecule has 0 aromatic heterocycles. The van der Waals surface area contributed by atoms with E-state index in [9.17, 15) is 0 Å². The fraction of sp³-hybridized carbons (Fsp3) is 0.818. The van der Waals surface area contributed by atoms with Gasteiger partial charge >= 0.3 is 0 Å². The molecule has 0 spiro atoms. The third kappa shape index (κ3) is 7.80. The van der Waals surface area contributed by atoms with Gasteiger partial charge in [0.05, 0.1) is 0 Å². The molecule has 0 aromatic carbocycles. The minimum absolute atomic E-state index is 1.17. The predicted octanol–water partition coefficient (Wildman–Crippen LogP) is 3.07. The van der Waals surface area contributed by atoms with E-state index in [-0.39, 0.29) is 0 Å². The molecule has 0 aromatic rings. The third-order valence-electron chi connectivity index (χ3n) is 2.10. The van der Waals surface area contributed by atoms with Crippen LogP contribution in [0, 0.1) is 0 Å². The Hall–Kier alpha value is -0.300. The maximum atomic E-state index is 2.36. The fourth-order valence-electron chi connectivity index (χ4n) is 1.09. The Kier molecular flexibility index (Phi) is 8.57. The molecule has 0 bridgehead atoms. The highest BCUT2D eigenvalue weighted by molar-refractivity contribution is 4.79. The number of hydrogen-bond donors (Lipinski definition) is 0. The highest BCUT2D eigenvalue weighted by atomic mass is 15.1. The second-order valence-electron chi connectivity index (χ2n) is 3.27.